The van der Waals surface area contributed by atoms with E-state index in [2.05, 4.69) is 28.6 Å². The van der Waals surface area contributed by atoms with Gasteiger partial charge in [0.1, 0.15) is 18.1 Å². The maximum atomic E-state index is 13.2. The molecule has 6 N–H and O–H groups in total. The third-order valence-corrected chi connectivity index (χ3v) is 6.06. The number of amides is 3. The number of aliphatic carboxylic acids is 1. The van der Waals surface area contributed by atoms with E-state index in [-0.39, 0.29) is 24.5 Å². The van der Waals surface area contributed by atoms with Crippen molar-refractivity contribution in [3.63, 3.8) is 0 Å². The minimum Gasteiger partial charge on any atom is -0.480 e. The second-order valence-electron chi connectivity index (χ2n) is 9.32. The molecule has 2 aromatic carbocycles. The van der Waals surface area contributed by atoms with E-state index in [1.165, 1.54) is 0 Å². The summed E-state index contributed by atoms with van der Waals surface area (Å²) in [4.78, 5) is 50.6. The molecule has 0 fully saturated rings. The van der Waals surface area contributed by atoms with Crippen molar-refractivity contribution in [3.8, 4) is 0 Å². The Morgan fingerprint density at radius 3 is 1.65 bits per heavy atom. The van der Waals surface area contributed by atoms with Gasteiger partial charge in [-0.15, -0.1) is 0 Å². The van der Waals surface area contributed by atoms with Crippen LogP contribution in [0.5, 0.6) is 0 Å². The molecule has 0 aliphatic heterocycles. The van der Waals surface area contributed by atoms with Gasteiger partial charge in [-0.05, 0) is 23.5 Å². The molecule has 0 radical (unpaired) electrons. The molecule has 200 valence electrons. The Morgan fingerprint density at radius 1 is 0.757 bits per heavy atom. The minimum absolute atomic E-state index is 0.0753. The Hall–Kier alpha value is -3.37. The van der Waals surface area contributed by atoms with E-state index in [1.807, 2.05) is 50.2 Å². The topological polar surface area (TPSA) is 151 Å². The van der Waals surface area contributed by atoms with Crippen molar-refractivity contribution >= 4 is 36.3 Å². The van der Waals surface area contributed by atoms with Crippen LogP contribution in [0, 0.1) is 5.92 Å². The van der Waals surface area contributed by atoms with Crippen molar-refractivity contribution < 1.29 is 24.3 Å². The molecule has 9 nitrogen and oxygen atoms in total. The van der Waals surface area contributed by atoms with E-state index >= 15 is 0 Å². The minimum atomic E-state index is -1.20. The summed E-state index contributed by atoms with van der Waals surface area (Å²) >= 11 is 4.18. The largest absolute Gasteiger partial charge is 0.480 e. The van der Waals surface area contributed by atoms with Crippen molar-refractivity contribution in [2.24, 2.45) is 11.7 Å². The number of hydrogen-bond donors (Lipinski definition) is 6. The summed E-state index contributed by atoms with van der Waals surface area (Å²) in [6.07, 6.45) is 0.709. The molecule has 0 saturated carbocycles. The molecule has 37 heavy (non-hydrogen) atoms. The molecule has 0 heterocycles. The molecule has 0 bridgehead atoms. The summed E-state index contributed by atoms with van der Waals surface area (Å²) in [5.41, 5.74) is 7.55. The number of carboxylic acids is 1. The molecule has 4 unspecified atom stereocenters. The highest BCUT2D eigenvalue weighted by Crippen LogP contribution is 2.08. The van der Waals surface area contributed by atoms with E-state index in [1.54, 1.807) is 24.3 Å². The van der Waals surface area contributed by atoms with Gasteiger partial charge in [-0.25, -0.2) is 4.79 Å². The fourth-order valence-electron chi connectivity index (χ4n) is 3.74. The molecule has 2 rings (SSSR count). The van der Waals surface area contributed by atoms with Gasteiger partial charge >= 0.3 is 5.97 Å². The lowest BCUT2D eigenvalue weighted by Crippen LogP contribution is -2.58. The number of carbonyl (C=O) groups excluding carboxylic acids is 3. The summed E-state index contributed by atoms with van der Waals surface area (Å²) in [5, 5.41) is 17.4. The predicted octanol–water partition coefficient (Wildman–Crippen LogP) is 1.31. The molecule has 3 amide bonds. The summed E-state index contributed by atoms with van der Waals surface area (Å²) in [5.74, 6) is -2.84. The number of hydrogen-bond acceptors (Lipinski definition) is 6. The standard InChI is InChI=1S/C27H36N4O5S/c1-17(2)13-20(28)24(32)29-21(14-18-9-5-3-6-10-18)25(33)31-23(16-37)26(34)30-22(27(35)36)15-19-11-7-4-8-12-19/h3-12,17,20-23,37H,13-16,28H2,1-2H3,(H,29,32)(H,30,34)(H,31,33)(H,35,36). The lowest BCUT2D eigenvalue weighted by molar-refractivity contribution is -0.142. The van der Waals surface area contributed by atoms with Gasteiger partial charge in [-0.3, -0.25) is 14.4 Å². The second-order valence-corrected chi connectivity index (χ2v) is 9.68. The molecule has 10 heteroatoms. The average Bonchev–Trinajstić information content (AvgIpc) is 2.86. The van der Waals surface area contributed by atoms with Crippen LogP contribution in [0.4, 0.5) is 0 Å². The van der Waals surface area contributed by atoms with Gasteiger partial charge < -0.3 is 26.8 Å². The molecule has 4 atom stereocenters. The molecule has 0 aliphatic carbocycles. The van der Waals surface area contributed by atoms with Crippen molar-refractivity contribution in [2.75, 3.05) is 5.75 Å². The van der Waals surface area contributed by atoms with Crippen LogP contribution in [0.2, 0.25) is 0 Å². The van der Waals surface area contributed by atoms with Crippen LogP contribution in [-0.4, -0.2) is 58.7 Å². The van der Waals surface area contributed by atoms with Crippen LogP contribution in [0.25, 0.3) is 0 Å². The van der Waals surface area contributed by atoms with Crippen LogP contribution in [0.15, 0.2) is 60.7 Å². The number of rotatable bonds is 14. The smallest absolute Gasteiger partial charge is 0.326 e. The highest BCUT2D eigenvalue weighted by Gasteiger charge is 2.30. The maximum absolute atomic E-state index is 13.2. The lowest BCUT2D eigenvalue weighted by atomic mass is 10.0. The van der Waals surface area contributed by atoms with Crippen molar-refractivity contribution in [3.05, 3.63) is 71.8 Å². The summed E-state index contributed by atoms with van der Waals surface area (Å²) in [7, 11) is 0. The van der Waals surface area contributed by atoms with Crippen LogP contribution < -0.4 is 21.7 Å². The third-order valence-electron chi connectivity index (χ3n) is 5.69. The Labute approximate surface area is 223 Å². The van der Waals surface area contributed by atoms with Crippen LogP contribution in [0.1, 0.15) is 31.4 Å². The Morgan fingerprint density at radius 2 is 1.19 bits per heavy atom. The van der Waals surface area contributed by atoms with Gasteiger partial charge in [-0.2, -0.15) is 12.6 Å². The zero-order valence-corrected chi connectivity index (χ0v) is 22.0. The first kappa shape index (κ1) is 29.9. The van der Waals surface area contributed by atoms with Crippen molar-refractivity contribution in [1.82, 2.24) is 16.0 Å². The van der Waals surface area contributed by atoms with Crippen LogP contribution in [-0.2, 0) is 32.0 Å². The third kappa shape index (κ3) is 10.3. The van der Waals surface area contributed by atoms with E-state index in [0.29, 0.717) is 6.42 Å². The predicted molar refractivity (Wildman–Crippen MR) is 145 cm³/mol. The van der Waals surface area contributed by atoms with Crippen LogP contribution in [0.3, 0.4) is 0 Å². The molecule has 0 spiro atoms. The monoisotopic (exact) mass is 528 g/mol. The first-order valence-corrected chi connectivity index (χ1v) is 12.8. The molecule has 0 saturated heterocycles. The molecular formula is C27H36N4O5S. The first-order chi connectivity index (χ1) is 17.6. The van der Waals surface area contributed by atoms with E-state index < -0.39 is 47.9 Å². The molecule has 2 aromatic rings. The Kier molecular flexibility index (Phi) is 12.1. The number of carbonyl (C=O) groups is 4. The summed E-state index contributed by atoms with van der Waals surface area (Å²) < 4.78 is 0. The number of benzene rings is 2. The average molecular weight is 529 g/mol. The number of nitrogens with one attached hydrogen (secondary N) is 3. The highest BCUT2D eigenvalue weighted by molar-refractivity contribution is 7.80. The zero-order valence-electron chi connectivity index (χ0n) is 21.1. The molecule has 0 aliphatic rings. The van der Waals surface area contributed by atoms with E-state index in [0.717, 1.165) is 11.1 Å². The van der Waals surface area contributed by atoms with Gasteiger partial charge in [-0.1, -0.05) is 74.5 Å². The highest BCUT2D eigenvalue weighted by atomic mass is 32.1. The summed E-state index contributed by atoms with van der Waals surface area (Å²) in [6, 6.07) is 13.9. The van der Waals surface area contributed by atoms with Gasteiger partial charge in [0.15, 0.2) is 0 Å². The molecule has 0 aromatic heterocycles. The zero-order chi connectivity index (χ0) is 27.4. The normalized spacial score (nSPS) is 14.2. The van der Waals surface area contributed by atoms with Gasteiger partial charge in [0.05, 0.1) is 6.04 Å². The lowest BCUT2D eigenvalue weighted by Gasteiger charge is -2.25. The van der Waals surface area contributed by atoms with E-state index in [9.17, 15) is 24.3 Å². The van der Waals surface area contributed by atoms with Crippen molar-refractivity contribution in [2.45, 2.75) is 57.3 Å². The summed E-state index contributed by atoms with van der Waals surface area (Å²) in [6.45, 7) is 3.89. The Balaban J connectivity index is 2.12. The second kappa shape index (κ2) is 15.0. The quantitative estimate of drug-likeness (QED) is 0.204. The fraction of sp³-hybridized carbons (Fsp3) is 0.407. The Bertz CT molecular complexity index is 1040. The number of nitrogens with two attached hydrogens (primary N) is 1. The number of thiol groups is 1. The van der Waals surface area contributed by atoms with Crippen LogP contribution >= 0.6 is 12.6 Å². The SMILES string of the molecule is CC(C)CC(N)C(=O)NC(Cc1ccccc1)C(=O)NC(CS)C(=O)NC(Cc1ccccc1)C(=O)O. The van der Waals surface area contributed by atoms with Gasteiger partial charge in [0.25, 0.3) is 0 Å². The van der Waals surface area contributed by atoms with Gasteiger partial charge in [0, 0.05) is 18.6 Å². The fourth-order valence-corrected chi connectivity index (χ4v) is 4.00. The maximum Gasteiger partial charge on any atom is 0.326 e. The van der Waals surface area contributed by atoms with E-state index in [4.69, 9.17) is 5.73 Å². The van der Waals surface area contributed by atoms with Gasteiger partial charge in [0.2, 0.25) is 17.7 Å². The first-order valence-electron chi connectivity index (χ1n) is 12.2. The number of carboxylic acid groups (broad SMARTS) is 1. The van der Waals surface area contributed by atoms with Crippen molar-refractivity contribution in [1.29, 1.82) is 0 Å². The molecular weight excluding hydrogens is 492 g/mol.